The first kappa shape index (κ1) is 24.6. The van der Waals surface area contributed by atoms with E-state index in [1.165, 1.54) is 6.07 Å². The fraction of sp³-hybridized carbons (Fsp3) is 0.333. The summed E-state index contributed by atoms with van der Waals surface area (Å²) in [5.41, 5.74) is 3.67. The number of alkyl halides is 3. The predicted molar refractivity (Wildman–Crippen MR) is 134 cm³/mol. The quantitative estimate of drug-likeness (QED) is 0.446. The normalized spacial score (nSPS) is 13.9. The monoisotopic (exact) mass is 482 g/mol. The van der Waals surface area contributed by atoms with Gasteiger partial charge in [0.05, 0.1) is 16.9 Å². The van der Waals surface area contributed by atoms with Crippen molar-refractivity contribution in [2.75, 3.05) is 35.3 Å². The first-order valence-electron chi connectivity index (χ1n) is 11.8. The van der Waals surface area contributed by atoms with E-state index in [1.807, 2.05) is 50.1 Å². The van der Waals surface area contributed by atoms with Crippen LogP contribution in [0, 0.1) is 0 Å². The van der Waals surface area contributed by atoms with Gasteiger partial charge in [0.1, 0.15) is 0 Å². The number of pyridine rings is 1. The molecule has 1 aromatic heterocycles. The third kappa shape index (κ3) is 5.11. The maximum atomic E-state index is 13.6. The van der Waals surface area contributed by atoms with Gasteiger partial charge < -0.3 is 10.2 Å². The molecule has 2 amide bonds. The molecule has 2 heterocycles. The van der Waals surface area contributed by atoms with E-state index in [9.17, 15) is 18.0 Å². The van der Waals surface area contributed by atoms with Crippen LogP contribution in [-0.2, 0) is 19.0 Å². The van der Waals surface area contributed by atoms with Crippen LogP contribution in [0.25, 0.3) is 11.3 Å². The van der Waals surface area contributed by atoms with E-state index in [0.29, 0.717) is 23.6 Å². The average Bonchev–Trinajstić information content (AvgIpc) is 3.02. The van der Waals surface area contributed by atoms with Crippen LogP contribution in [0.5, 0.6) is 0 Å². The zero-order valence-corrected chi connectivity index (χ0v) is 20.1. The Hall–Kier alpha value is -3.55. The maximum absolute atomic E-state index is 13.6. The van der Waals surface area contributed by atoms with Gasteiger partial charge in [-0.15, -0.1) is 0 Å². The van der Waals surface area contributed by atoms with Gasteiger partial charge in [-0.1, -0.05) is 44.2 Å². The summed E-state index contributed by atoms with van der Waals surface area (Å²) in [4.78, 5) is 21.9. The Bertz CT molecular complexity index is 1200. The number of carbonyl (C=O) groups is 1. The van der Waals surface area contributed by atoms with Gasteiger partial charge in [0, 0.05) is 31.4 Å². The highest BCUT2D eigenvalue weighted by Gasteiger charge is 2.31. The zero-order chi connectivity index (χ0) is 25.2. The third-order valence-corrected chi connectivity index (χ3v) is 6.36. The molecule has 0 spiro atoms. The van der Waals surface area contributed by atoms with Gasteiger partial charge in [0.15, 0.2) is 5.82 Å². The molecule has 5 nitrogen and oxygen atoms in total. The predicted octanol–water partition coefficient (Wildman–Crippen LogP) is 6.77. The summed E-state index contributed by atoms with van der Waals surface area (Å²) in [6.07, 6.45) is -2.16. The molecule has 0 bridgehead atoms. The molecule has 8 heteroatoms. The first-order chi connectivity index (χ1) is 16.7. The zero-order valence-electron chi connectivity index (χ0n) is 20.1. The van der Waals surface area contributed by atoms with Crippen molar-refractivity contribution >= 4 is 23.2 Å². The fourth-order valence-electron chi connectivity index (χ4n) is 4.42. The highest BCUT2D eigenvalue weighted by atomic mass is 19.4. The van der Waals surface area contributed by atoms with Crippen molar-refractivity contribution < 1.29 is 18.0 Å². The number of carbonyl (C=O) groups excluding carboxylic acids is 1. The number of aromatic nitrogens is 1. The van der Waals surface area contributed by atoms with Crippen LogP contribution in [0.3, 0.4) is 0 Å². The lowest BCUT2D eigenvalue weighted by Crippen LogP contribution is -2.36. The van der Waals surface area contributed by atoms with E-state index in [4.69, 9.17) is 4.98 Å². The SMILES string of the molecule is CCc1cccc(CC)c1NC(=O)N1CCCN(C)c2ccc(-c3cccc(C(F)(F)F)c3)nc21. The van der Waals surface area contributed by atoms with Gasteiger partial charge in [-0.3, -0.25) is 4.90 Å². The number of rotatable bonds is 4. The number of aryl methyl sites for hydroxylation is 2. The largest absolute Gasteiger partial charge is 0.416 e. The summed E-state index contributed by atoms with van der Waals surface area (Å²) < 4.78 is 39.8. The topological polar surface area (TPSA) is 48.5 Å². The third-order valence-electron chi connectivity index (χ3n) is 6.36. The van der Waals surface area contributed by atoms with Crippen molar-refractivity contribution in [1.29, 1.82) is 0 Å². The lowest BCUT2D eigenvalue weighted by Gasteiger charge is -2.25. The Kier molecular flexibility index (Phi) is 7.00. The molecule has 0 unspecified atom stereocenters. The standard InChI is InChI=1S/C27H29F3N4O/c1-4-18-9-6-10-19(5-2)24(18)32-26(35)34-16-8-15-33(3)23-14-13-22(31-25(23)34)20-11-7-12-21(17-20)27(28,29)30/h6-7,9-14,17H,4-5,8,15-16H2,1-3H3,(H,32,35). The fourth-order valence-corrected chi connectivity index (χ4v) is 4.42. The minimum Gasteiger partial charge on any atom is -0.372 e. The number of benzene rings is 2. The summed E-state index contributed by atoms with van der Waals surface area (Å²) in [5, 5.41) is 3.10. The Balaban J connectivity index is 1.74. The van der Waals surface area contributed by atoms with E-state index >= 15 is 0 Å². The second-order valence-electron chi connectivity index (χ2n) is 8.63. The van der Waals surface area contributed by atoms with Crippen molar-refractivity contribution in [3.63, 3.8) is 0 Å². The molecule has 4 rings (SSSR count). The van der Waals surface area contributed by atoms with Gasteiger partial charge in [-0.25, -0.2) is 9.78 Å². The van der Waals surface area contributed by atoms with Crippen molar-refractivity contribution in [3.05, 3.63) is 71.3 Å². The second-order valence-corrected chi connectivity index (χ2v) is 8.63. The molecule has 3 aromatic rings. The van der Waals surface area contributed by atoms with Crippen LogP contribution >= 0.6 is 0 Å². The molecular formula is C27H29F3N4O. The minimum absolute atomic E-state index is 0.300. The van der Waals surface area contributed by atoms with Crippen molar-refractivity contribution in [1.82, 2.24) is 4.98 Å². The number of nitrogens with zero attached hydrogens (tertiary/aromatic N) is 3. The summed E-state index contributed by atoms with van der Waals surface area (Å²) in [7, 11) is 1.92. The number of amides is 2. The Morgan fingerprint density at radius 2 is 1.69 bits per heavy atom. The van der Waals surface area contributed by atoms with Crippen molar-refractivity contribution in [2.24, 2.45) is 0 Å². The van der Waals surface area contributed by atoms with Gasteiger partial charge >= 0.3 is 12.2 Å². The number of hydrogen-bond donors (Lipinski definition) is 1. The number of halogens is 3. The maximum Gasteiger partial charge on any atom is 0.416 e. The number of anilines is 3. The lowest BCUT2D eigenvalue weighted by molar-refractivity contribution is -0.137. The molecule has 0 radical (unpaired) electrons. The van der Waals surface area contributed by atoms with E-state index in [2.05, 4.69) is 5.32 Å². The summed E-state index contributed by atoms with van der Waals surface area (Å²) in [5.74, 6) is 0.435. The van der Waals surface area contributed by atoms with Crippen LogP contribution in [0.1, 0.15) is 37.0 Å². The highest BCUT2D eigenvalue weighted by Crippen LogP contribution is 2.36. The van der Waals surface area contributed by atoms with Crippen molar-refractivity contribution in [3.8, 4) is 11.3 Å². The molecular weight excluding hydrogens is 453 g/mol. The van der Waals surface area contributed by atoms with Crippen LogP contribution in [0.2, 0.25) is 0 Å². The van der Waals surface area contributed by atoms with Gasteiger partial charge in [-0.05, 0) is 54.7 Å². The highest BCUT2D eigenvalue weighted by molar-refractivity contribution is 6.04. The number of hydrogen-bond acceptors (Lipinski definition) is 3. The van der Waals surface area contributed by atoms with Gasteiger partial charge in [-0.2, -0.15) is 13.2 Å². The Morgan fingerprint density at radius 3 is 2.34 bits per heavy atom. The molecule has 0 aliphatic carbocycles. The number of urea groups is 1. The van der Waals surface area contributed by atoms with E-state index in [-0.39, 0.29) is 6.03 Å². The molecule has 0 fully saturated rings. The molecule has 35 heavy (non-hydrogen) atoms. The minimum atomic E-state index is -4.45. The molecule has 1 aliphatic heterocycles. The molecule has 0 atom stereocenters. The molecule has 1 aliphatic rings. The Morgan fingerprint density at radius 1 is 1.00 bits per heavy atom. The summed E-state index contributed by atoms with van der Waals surface area (Å²) >= 11 is 0. The molecule has 1 N–H and O–H groups in total. The van der Waals surface area contributed by atoms with Crippen LogP contribution in [0.15, 0.2) is 54.6 Å². The van der Waals surface area contributed by atoms with Crippen molar-refractivity contribution in [2.45, 2.75) is 39.3 Å². The molecule has 0 saturated carbocycles. The smallest absolute Gasteiger partial charge is 0.372 e. The van der Waals surface area contributed by atoms with E-state index in [0.717, 1.165) is 60.4 Å². The molecule has 184 valence electrons. The Labute approximate surface area is 203 Å². The van der Waals surface area contributed by atoms with Gasteiger partial charge in [0.25, 0.3) is 0 Å². The van der Waals surface area contributed by atoms with E-state index < -0.39 is 11.7 Å². The van der Waals surface area contributed by atoms with Gasteiger partial charge in [0.2, 0.25) is 0 Å². The average molecular weight is 483 g/mol. The van der Waals surface area contributed by atoms with Crippen LogP contribution < -0.4 is 15.1 Å². The first-order valence-corrected chi connectivity index (χ1v) is 11.8. The lowest BCUT2D eigenvalue weighted by atomic mass is 10.0. The second kappa shape index (κ2) is 9.98. The number of para-hydroxylation sites is 1. The summed E-state index contributed by atoms with van der Waals surface area (Å²) in [6, 6.07) is 14.3. The molecule has 2 aromatic carbocycles. The van der Waals surface area contributed by atoms with Crippen LogP contribution in [0.4, 0.5) is 35.2 Å². The van der Waals surface area contributed by atoms with Crippen LogP contribution in [-0.4, -0.2) is 31.2 Å². The van der Waals surface area contributed by atoms with E-state index in [1.54, 1.807) is 17.0 Å². The summed E-state index contributed by atoms with van der Waals surface area (Å²) in [6.45, 7) is 5.26. The number of nitrogens with one attached hydrogen (secondary N) is 1. The molecule has 0 saturated heterocycles. The number of fused-ring (bicyclic) bond motifs is 1.